The first kappa shape index (κ1) is 85.8. The molecule has 1 unspecified atom stereocenters. The summed E-state index contributed by atoms with van der Waals surface area (Å²) in [6, 6.07) is 0. The van der Waals surface area contributed by atoms with Crippen molar-refractivity contribution in [3.8, 4) is 0 Å². The van der Waals surface area contributed by atoms with Gasteiger partial charge in [0.05, 0.1) is 0 Å². The van der Waals surface area contributed by atoms with E-state index in [1.807, 2.05) is 0 Å². The zero-order valence-corrected chi connectivity index (χ0v) is 81.0. The standard InChI is InChI=1S/C4H13O41Si40/c1-42-48(2)43-47-52(9)56(13)60(17)64(21)68(25)72(29)73(30)69(26)65(22)61(18)57(14)53(10)49(6)44-85(3,4)45-50(7)54(11)58(15)62(19)66(23)70(27)74(31)76(33)78(35)80(37)82(39)84(41)83(40)81(38)79(36)77(34)75(32)71(28)67(24)63(20)59(16)55(12)51(8)46-5/h48H,1-4H3. The van der Waals surface area contributed by atoms with Crippen LogP contribution in [0.5, 0.6) is 0 Å². The summed E-state index contributed by atoms with van der Waals surface area (Å²) in [5, 5.41) is 0. The van der Waals surface area contributed by atoms with Crippen LogP contribution in [0.1, 0.15) is 0 Å². The predicted octanol–water partition coefficient (Wildman–Crippen LogP) is -18.3. The van der Waals surface area contributed by atoms with Crippen molar-refractivity contribution < 1.29 is 182 Å². The molecule has 3 radical (unpaired) electrons. The van der Waals surface area contributed by atoms with Crippen molar-refractivity contribution in [1.29, 1.82) is 0 Å². The van der Waals surface area contributed by atoms with Crippen LogP contribution in [0.15, 0.2) is 0 Å². The normalized spacial score (nSPS) is 10.5. The molecular formula is C4H13O41Si40. The van der Waals surface area contributed by atoms with Crippen molar-refractivity contribution in [2.24, 2.45) is 0 Å². The van der Waals surface area contributed by atoms with E-state index in [2.05, 4.69) is 0 Å². The summed E-state index contributed by atoms with van der Waals surface area (Å²) in [6.07, 6.45) is 0. The fourth-order valence-electron chi connectivity index (χ4n) is 4.12. The lowest BCUT2D eigenvalue weighted by Crippen LogP contribution is -2.57. The van der Waals surface area contributed by atoms with Gasteiger partial charge in [-0.2, -0.15) is 0 Å². The molecule has 0 N–H and O–H groups in total. The second-order valence-electron chi connectivity index (χ2n) is 14.5. The van der Waals surface area contributed by atoms with Gasteiger partial charge in [0, 0.05) is 20.2 Å². The van der Waals surface area contributed by atoms with Crippen LogP contribution in [0, 0.1) is 0 Å². The van der Waals surface area contributed by atoms with Crippen LogP contribution in [0.25, 0.3) is 0 Å². The first-order valence-electron chi connectivity index (χ1n) is 20.0. The van der Waals surface area contributed by atoms with Crippen molar-refractivity contribution >= 4 is 315 Å². The fourth-order valence-corrected chi connectivity index (χ4v) is 404. The summed E-state index contributed by atoms with van der Waals surface area (Å²) in [7, 11) is -168. The largest absolute Gasteiger partial charge is 0.550 e. The number of hydrogen-bond acceptors (Lipinski definition) is 41. The molecule has 41 nitrogen and oxygen atoms in total. The van der Waals surface area contributed by atoms with Crippen LogP contribution in [0.2, 0.25) is 19.6 Å². The van der Waals surface area contributed by atoms with E-state index in [1.165, 1.54) is 13.7 Å². The summed E-state index contributed by atoms with van der Waals surface area (Å²) in [4.78, 5) is 0. The highest BCUT2D eigenvalue weighted by atomic mass is 30.1. The molecular weight excluding hydrogens is 1830 g/mol. The lowest BCUT2D eigenvalue weighted by atomic mass is 11.8. The molecule has 0 aromatic carbocycles. The Balaban J connectivity index is 5.85. The summed E-state index contributed by atoms with van der Waals surface area (Å²) in [6.45, 7) is 2.94. The summed E-state index contributed by atoms with van der Waals surface area (Å²) in [5.41, 5.74) is 0. The number of rotatable bonds is 43. The van der Waals surface area contributed by atoms with Gasteiger partial charge in [-0.25, -0.2) is 0 Å². The van der Waals surface area contributed by atoms with Crippen LogP contribution in [0.4, 0.5) is 0 Å². The Morgan fingerprint density at radius 1 is 0.259 bits per heavy atom. The zero-order valence-electron chi connectivity index (χ0n) is 40.8. The van der Waals surface area contributed by atoms with Gasteiger partial charge in [0.15, 0.2) is 0 Å². The quantitative estimate of drug-likeness (QED) is 0.0512. The predicted molar refractivity (Wildman–Crippen MR) is 285 cm³/mol. The first-order chi connectivity index (χ1) is 38.8. The van der Waals surface area contributed by atoms with Crippen molar-refractivity contribution in [2.75, 3.05) is 7.11 Å². The smallest absolute Gasteiger partial charge is 0.534 e. The van der Waals surface area contributed by atoms with Crippen LogP contribution in [0.3, 0.4) is 0 Å². The van der Waals surface area contributed by atoms with Crippen LogP contribution >= 0.6 is 0 Å². The first-order valence-corrected chi connectivity index (χ1v) is 113. The molecule has 0 bridgehead atoms. The SMILES string of the molecule is CO[SiH](C)O[Si][Si](=O)[Si](=O)[Si](=O)[Si](=O)[Si](=O)[Si](=O)[Si](=O)[Si](=O)[Si](=O)[Si](=O)[Si](=O)[Si](=O)[Si](=O)O[Si](C)(C)O[Si](=O)[Si](=O)[Si](=O)[Si](=O)[Si](=O)[Si](=O)[Si](=O)[Si](=O)[Si](=O)[Si](=O)[Si](=O)[Si](=O)[Si](=O)[Si](=O)[Si](=O)[Si](=O)[Si](=O)[Si](=O)[Si](=O)[Si](=O)[Si](=O)[Si](=O)[Si](=O)[Si]=O. The number of hydrogen-bond donors (Lipinski definition) is 0. The van der Waals surface area contributed by atoms with Gasteiger partial charge < -0.3 is 182 Å². The van der Waals surface area contributed by atoms with Gasteiger partial charge in [0.1, 0.15) is 0 Å². The summed E-state index contributed by atoms with van der Waals surface area (Å²) in [5.74, 6) is 0. The molecule has 0 heterocycles. The van der Waals surface area contributed by atoms with E-state index in [-0.39, 0.29) is 0 Å². The van der Waals surface area contributed by atoms with E-state index in [0.29, 0.717) is 0 Å². The van der Waals surface area contributed by atoms with Crippen molar-refractivity contribution in [2.45, 2.75) is 19.6 Å². The molecule has 0 saturated carbocycles. The molecule has 0 spiro atoms. The van der Waals surface area contributed by atoms with E-state index < -0.39 is 315 Å². The van der Waals surface area contributed by atoms with Crippen molar-refractivity contribution in [3.63, 3.8) is 0 Å². The second-order valence-corrected chi connectivity index (χ2v) is 193. The Morgan fingerprint density at radius 2 is 0.412 bits per heavy atom. The average molecular weight is 1840 g/mol. The molecule has 0 amide bonds. The van der Waals surface area contributed by atoms with E-state index in [1.54, 1.807) is 0 Å². The van der Waals surface area contributed by atoms with Crippen LogP contribution < -0.4 is 0 Å². The van der Waals surface area contributed by atoms with Gasteiger partial charge in [-0.3, -0.25) is 0 Å². The third-order valence-electron chi connectivity index (χ3n) is 8.39. The third-order valence-corrected chi connectivity index (χ3v) is 285. The minimum Gasteiger partial charge on any atom is -0.550 e. The fraction of sp³-hybridized carbons (Fsp3) is 1.00. The molecule has 0 saturated heterocycles. The maximum absolute atomic E-state index is 12.9. The van der Waals surface area contributed by atoms with Gasteiger partial charge in [-0.1, -0.05) is 0 Å². The van der Waals surface area contributed by atoms with E-state index in [4.69, 9.17) is 16.8 Å². The highest BCUT2D eigenvalue weighted by Gasteiger charge is 2.59. The molecule has 0 aliphatic rings. The topological polar surface area (TPSA) is 669 Å². The minimum absolute atomic E-state index is 0.743. The third kappa shape index (κ3) is 23.9. The van der Waals surface area contributed by atoms with Gasteiger partial charge in [0.2, 0.25) is 0 Å². The Kier molecular flexibility index (Phi) is 39.2. The molecule has 0 aromatic rings. The Labute approximate surface area is 518 Å². The lowest BCUT2D eigenvalue weighted by molar-refractivity contribution is 0.350. The maximum atomic E-state index is 12.9. The van der Waals surface area contributed by atoms with Gasteiger partial charge >= 0.3 is 306 Å². The second kappa shape index (κ2) is 38.9. The van der Waals surface area contributed by atoms with Crippen molar-refractivity contribution in [1.82, 2.24) is 0 Å². The summed E-state index contributed by atoms with van der Waals surface area (Å²) >= 11 is 0. The monoisotopic (exact) mass is 1840 g/mol. The van der Waals surface area contributed by atoms with E-state index >= 15 is 0 Å². The average Bonchev–Trinajstić information content (AvgIpc) is 3.68. The van der Waals surface area contributed by atoms with Crippen LogP contribution in [-0.4, -0.2) is 322 Å². The molecule has 435 valence electrons. The van der Waals surface area contributed by atoms with Crippen molar-refractivity contribution in [3.05, 3.63) is 0 Å². The maximum Gasteiger partial charge on any atom is 0.534 e. The van der Waals surface area contributed by atoms with Gasteiger partial charge in [-0.05, 0) is 6.55 Å². The zero-order chi connectivity index (χ0) is 67.1. The molecule has 0 aromatic heterocycles. The molecule has 81 heteroatoms. The van der Waals surface area contributed by atoms with E-state index in [0.717, 1.165) is 13.1 Å². The van der Waals surface area contributed by atoms with Crippen LogP contribution in [-0.2, 0) is 182 Å². The highest BCUT2D eigenvalue weighted by molar-refractivity contribution is 7.84. The van der Waals surface area contributed by atoms with Gasteiger partial charge in [-0.15, -0.1) is 0 Å². The highest BCUT2D eigenvalue weighted by Crippen LogP contribution is 2.07. The minimum atomic E-state index is -4.75. The lowest BCUT2D eigenvalue weighted by Gasteiger charge is -2.21. The molecule has 0 rings (SSSR count). The summed E-state index contributed by atoms with van der Waals surface area (Å²) < 4.78 is 484. The molecule has 1 atom stereocenters. The molecule has 85 heavy (non-hydrogen) atoms. The molecule has 0 fully saturated rings. The molecule has 0 aliphatic heterocycles. The van der Waals surface area contributed by atoms with Gasteiger partial charge in [0.25, 0.3) is 9.28 Å². The Bertz CT molecular complexity index is 3620. The Hall–Kier alpha value is 0.795. The van der Waals surface area contributed by atoms with E-state index in [9.17, 15) is 165 Å². The molecule has 0 aliphatic carbocycles. The Morgan fingerprint density at radius 3 is 0.576 bits per heavy atom.